The number of aliphatic hydroxyl groups is 1. The van der Waals surface area contributed by atoms with E-state index in [1.807, 2.05) is 55.4 Å². The van der Waals surface area contributed by atoms with Gasteiger partial charge in [-0.15, -0.1) is 0 Å². The highest BCUT2D eigenvalue weighted by Crippen LogP contribution is 2.36. The van der Waals surface area contributed by atoms with E-state index in [9.17, 15) is 72.2 Å². The topological polar surface area (TPSA) is 576 Å². The highest BCUT2D eigenvalue weighted by molar-refractivity contribution is 5.95. The number of hydrogen-bond acceptors (Lipinski definition) is 36. The molecule has 5 fully saturated rings. The Bertz CT molecular complexity index is 3540. The van der Waals surface area contributed by atoms with Crippen LogP contribution in [0.25, 0.3) is 0 Å². The van der Waals surface area contributed by atoms with E-state index >= 15 is 4.79 Å². The van der Waals surface area contributed by atoms with Crippen molar-refractivity contribution in [1.82, 2.24) is 57.7 Å². The van der Waals surface area contributed by atoms with Gasteiger partial charge >= 0.3 is 23.9 Å². The van der Waals surface area contributed by atoms with Gasteiger partial charge in [0.1, 0.15) is 58.6 Å². The molecule has 0 bridgehead atoms. The fourth-order valence-electron chi connectivity index (χ4n) is 16.2. The molecule has 0 aromatic heterocycles. The molecule has 1 saturated carbocycles. The van der Waals surface area contributed by atoms with Gasteiger partial charge in [0, 0.05) is 93.9 Å². The molecule has 10 N–H and O–H groups in total. The minimum atomic E-state index is -1.63. The van der Waals surface area contributed by atoms with E-state index in [1.165, 1.54) is 55.4 Å². The lowest BCUT2D eigenvalue weighted by molar-refractivity contribution is -0.247. The van der Waals surface area contributed by atoms with Gasteiger partial charge in [-0.2, -0.15) is 0 Å². The molecule has 5 rings (SSSR count). The van der Waals surface area contributed by atoms with Crippen molar-refractivity contribution in [2.24, 2.45) is 53.3 Å². The normalized spacial score (nSPS) is 26.4. The van der Waals surface area contributed by atoms with Gasteiger partial charge in [-0.3, -0.25) is 71.9 Å². The highest BCUT2D eigenvalue weighted by Gasteiger charge is 2.48. The molecule has 0 spiro atoms. The van der Waals surface area contributed by atoms with Gasteiger partial charge in [-0.25, -0.2) is 0 Å². The largest absolute Gasteiger partial charge is 0.463 e. The van der Waals surface area contributed by atoms with E-state index in [2.05, 4.69) is 47.9 Å². The lowest BCUT2D eigenvalue weighted by atomic mass is 9.82. The second-order valence-electron chi connectivity index (χ2n) is 35.5. The molecule has 11 amide bonds. The summed E-state index contributed by atoms with van der Waals surface area (Å²) >= 11 is 0. The zero-order chi connectivity index (χ0) is 102. The molecule has 0 radical (unpaired) electrons. The van der Waals surface area contributed by atoms with Crippen LogP contribution in [0.1, 0.15) is 149 Å². The summed E-state index contributed by atoms with van der Waals surface area (Å²) in [6, 6.07) is -3.66. The second-order valence-corrected chi connectivity index (χ2v) is 35.5. The van der Waals surface area contributed by atoms with Crippen molar-refractivity contribution in [3.63, 3.8) is 0 Å². The number of nitrogens with one attached hydrogen (secondary N) is 9. The van der Waals surface area contributed by atoms with Gasteiger partial charge in [0.05, 0.1) is 187 Å². The summed E-state index contributed by atoms with van der Waals surface area (Å²) < 4.78 is 115. The Hall–Kier alpha value is -8.63. The number of esters is 4. The standard InChI is InChI=1S/C92H157N11O36/c1-55-59(5)83(97-63(9)104)89(136-74(55)51-132-67(13)108)128-43-39-124-35-31-120-27-23-93-78(113)47-102(48-79(114)94-24-28-121-32-36-125-40-44-129-90-84(98-64(10)105)60(6)56(2)75(137-90)52-133-68(14)109)82(117)22-21-73(101-87(118)71-17-19-72(112)20-18-71)88(119)103(49-80(115)95-25-29-122-33-37-126-41-45-130-91-85(99-65(11)106)61(7)57(3)76(138-91)53-134-69(15)110)50-81(116)96-26-30-123-34-38-127-42-46-131-92-86(100-66(12)107)62(8)58(4)77(139-92)54-135-70(16)111/h55-62,71-77,83-86,89-92,112H,17-54H2,1-16H3,(H,93,113)(H,94,114)(H,95,115)(H,96,116)(H,97,104)(H,98,105)(H,99,106)(H,100,107)(H,101,118). The first-order valence-electron chi connectivity index (χ1n) is 48.2. The Balaban J connectivity index is 1.26. The van der Waals surface area contributed by atoms with Crippen molar-refractivity contribution >= 4 is 88.9 Å². The number of hydrogen-bond donors (Lipinski definition) is 10. The molecule has 21 atom stereocenters. The summed E-state index contributed by atoms with van der Waals surface area (Å²) in [6.45, 7) is 24.0. The predicted molar refractivity (Wildman–Crippen MR) is 490 cm³/mol. The number of nitrogens with zero attached hydrogens (tertiary/aromatic N) is 2. The Morgan fingerprint density at radius 3 is 0.799 bits per heavy atom. The number of carbonyl (C=O) groups excluding carboxylic acids is 15. The molecule has 21 unspecified atom stereocenters. The highest BCUT2D eigenvalue weighted by atomic mass is 16.7. The average molecular weight is 1990 g/mol. The summed E-state index contributed by atoms with van der Waals surface area (Å²) in [4.78, 5) is 197. The zero-order valence-corrected chi connectivity index (χ0v) is 83.8. The average Bonchev–Trinajstić information content (AvgIpc) is 0.815. The maximum Gasteiger partial charge on any atom is 0.302 e. The molecule has 4 saturated heterocycles. The molecule has 4 aliphatic heterocycles. The van der Waals surface area contributed by atoms with E-state index in [4.69, 9.17) is 94.7 Å². The maximum atomic E-state index is 15.3. The minimum absolute atomic E-state index is 0.000619. The Kier molecular flexibility index (Phi) is 58.3. The lowest BCUT2D eigenvalue weighted by Gasteiger charge is -2.44. The van der Waals surface area contributed by atoms with Crippen LogP contribution in [-0.4, -0.2) is 401 Å². The first-order chi connectivity index (χ1) is 66.2. The first-order valence-corrected chi connectivity index (χ1v) is 48.2. The third kappa shape index (κ3) is 47.4. The fraction of sp³-hybridized carbons (Fsp3) is 0.837. The number of rotatable bonds is 66. The van der Waals surface area contributed by atoms with Crippen LogP contribution in [0.2, 0.25) is 0 Å². The molecule has 47 heteroatoms. The van der Waals surface area contributed by atoms with Crippen LogP contribution in [0.15, 0.2) is 0 Å². The lowest BCUT2D eigenvalue weighted by Crippen LogP contribution is -2.58. The Labute approximate surface area is 814 Å². The van der Waals surface area contributed by atoms with Crippen LogP contribution in [0, 0.1) is 53.3 Å². The van der Waals surface area contributed by atoms with Gasteiger partial charge in [0.2, 0.25) is 65.0 Å². The Morgan fingerprint density at radius 2 is 0.554 bits per heavy atom. The van der Waals surface area contributed by atoms with E-state index in [1.54, 1.807) is 0 Å². The van der Waals surface area contributed by atoms with Gasteiger partial charge in [-0.05, 0) is 79.4 Å². The number of aliphatic hydroxyl groups excluding tert-OH is 1. The molecule has 1 aliphatic carbocycles. The van der Waals surface area contributed by atoms with Gasteiger partial charge in [0.15, 0.2) is 25.2 Å². The predicted octanol–water partition coefficient (Wildman–Crippen LogP) is -1.62. The summed E-state index contributed by atoms with van der Waals surface area (Å²) in [5.74, 6) is -9.98. The van der Waals surface area contributed by atoms with Gasteiger partial charge in [0.25, 0.3) is 0 Å². The van der Waals surface area contributed by atoms with Crippen LogP contribution in [0.3, 0.4) is 0 Å². The number of carbonyl (C=O) groups is 15. The van der Waals surface area contributed by atoms with E-state index in [-0.39, 0.29) is 281 Å². The summed E-state index contributed by atoms with van der Waals surface area (Å²) in [5, 5.41) is 35.5. The third-order valence-electron chi connectivity index (χ3n) is 24.8. The maximum absolute atomic E-state index is 15.3. The van der Waals surface area contributed by atoms with Crippen LogP contribution >= 0.6 is 0 Å². The molecule has 4 heterocycles. The van der Waals surface area contributed by atoms with Crippen molar-refractivity contribution in [1.29, 1.82) is 0 Å². The molecule has 5 aliphatic rings. The smallest absolute Gasteiger partial charge is 0.302 e. The van der Waals surface area contributed by atoms with E-state index in [0.717, 1.165) is 9.80 Å². The molecular weight excluding hydrogens is 1840 g/mol. The van der Waals surface area contributed by atoms with Crippen LogP contribution < -0.4 is 47.9 Å². The number of ether oxygens (including phenoxy) is 20. The van der Waals surface area contributed by atoms with Crippen LogP contribution in [0.4, 0.5) is 0 Å². The first kappa shape index (κ1) is 121. The quantitative estimate of drug-likeness (QED) is 0.0186. The summed E-state index contributed by atoms with van der Waals surface area (Å²) in [5.41, 5.74) is 0. The SMILES string of the molecule is CC(=O)NC1C(OCCOCCOCCNC(=O)CN(CC(=O)NCCOCCOCCOC2OC(COC(C)=O)C(C)C(C)C2NC(C)=O)C(=O)CCC(NC(=O)C2CCC(O)CC2)C(=O)N(CC(=O)NCCOCCOCCOC2OC(COC(C)=O)C(C)C(C)C2NC(C)=O)CC(=O)NCCOCCOCCOC2OC(COC(C)=O)C(C)C(C)C2NC(C)=O)OC(COC(C)=O)C(C)C1C. The molecule has 139 heavy (non-hydrogen) atoms. The van der Waals surface area contributed by atoms with Crippen molar-refractivity contribution in [2.75, 3.05) is 211 Å². The van der Waals surface area contributed by atoms with Gasteiger partial charge < -0.3 is 157 Å². The number of amides is 11. The molecule has 0 aromatic rings. The van der Waals surface area contributed by atoms with Crippen LogP contribution in [-0.2, 0) is 167 Å². The zero-order valence-electron chi connectivity index (χ0n) is 83.8. The van der Waals surface area contributed by atoms with Crippen molar-refractivity contribution in [2.45, 2.75) is 235 Å². The third-order valence-corrected chi connectivity index (χ3v) is 24.8. The molecule has 47 nitrogen and oxygen atoms in total. The summed E-state index contributed by atoms with van der Waals surface area (Å²) in [7, 11) is 0. The van der Waals surface area contributed by atoms with E-state index in [0.29, 0.717) is 0 Å². The van der Waals surface area contributed by atoms with Crippen molar-refractivity contribution in [3.05, 3.63) is 0 Å². The summed E-state index contributed by atoms with van der Waals surface area (Å²) in [6.07, 6.45) is -6.30. The monoisotopic (exact) mass is 1990 g/mol. The van der Waals surface area contributed by atoms with Gasteiger partial charge in [-0.1, -0.05) is 55.4 Å². The Morgan fingerprint density at radius 1 is 0.317 bits per heavy atom. The minimum Gasteiger partial charge on any atom is -0.463 e. The second kappa shape index (κ2) is 67.0. The van der Waals surface area contributed by atoms with Crippen molar-refractivity contribution < 1.29 is 172 Å². The molecule has 0 aromatic carbocycles. The molecular formula is C92H157N11O36. The van der Waals surface area contributed by atoms with Crippen molar-refractivity contribution in [3.8, 4) is 0 Å². The van der Waals surface area contributed by atoms with Crippen LogP contribution in [0.5, 0.6) is 0 Å². The fourth-order valence-corrected chi connectivity index (χ4v) is 16.2. The molecule has 796 valence electrons. The van der Waals surface area contributed by atoms with E-state index < -0.39 is 196 Å².